The number of carboxylic acid groups (broad SMARTS) is 3. The van der Waals surface area contributed by atoms with Crippen LogP contribution < -0.4 is 10.1 Å². The largest absolute Gasteiger partial charge is 0.494 e. The summed E-state index contributed by atoms with van der Waals surface area (Å²) in [5.41, 5.74) is 1.01. The van der Waals surface area contributed by atoms with E-state index in [0.717, 1.165) is 32.5 Å². The van der Waals surface area contributed by atoms with Gasteiger partial charge in [0.05, 0.1) is 56.5 Å². The van der Waals surface area contributed by atoms with Crippen molar-refractivity contribution in [1.82, 2.24) is 44.6 Å². The zero-order valence-corrected chi connectivity index (χ0v) is 35.6. The van der Waals surface area contributed by atoms with Gasteiger partial charge in [-0.1, -0.05) is 0 Å². The summed E-state index contributed by atoms with van der Waals surface area (Å²) in [5, 5.41) is 41.3. The number of nitriles is 1. The third-order valence-corrected chi connectivity index (χ3v) is 13.1. The first-order valence-electron chi connectivity index (χ1n) is 21.9. The number of carbonyl (C=O) groups is 6. The summed E-state index contributed by atoms with van der Waals surface area (Å²) in [6.45, 7) is 6.35. The van der Waals surface area contributed by atoms with Crippen LogP contribution in [0.25, 0.3) is 10.9 Å². The van der Waals surface area contributed by atoms with Crippen molar-refractivity contribution in [3.8, 4) is 11.8 Å². The minimum absolute atomic E-state index is 0.00885. The lowest BCUT2D eigenvalue weighted by atomic mass is 10.0. The first-order valence-corrected chi connectivity index (χ1v) is 21.9. The van der Waals surface area contributed by atoms with E-state index in [1.54, 1.807) is 44.0 Å². The normalized spacial score (nSPS) is 25.1. The number of carbonyl (C=O) groups excluding carboxylic acids is 3. The lowest BCUT2D eigenvalue weighted by molar-refractivity contribution is -0.140. The zero-order chi connectivity index (χ0) is 44.6. The van der Waals surface area contributed by atoms with Gasteiger partial charge in [-0.2, -0.15) is 5.26 Å². The molecule has 4 saturated heterocycles. The summed E-state index contributed by atoms with van der Waals surface area (Å²) in [6, 6.07) is 8.92. The highest BCUT2D eigenvalue weighted by atomic mass is 16.5. The van der Waals surface area contributed by atoms with Crippen LogP contribution in [0.2, 0.25) is 0 Å². The molecule has 3 amide bonds. The van der Waals surface area contributed by atoms with Crippen LogP contribution in [0, 0.1) is 29.1 Å². The Morgan fingerprint density at radius 2 is 1.29 bits per heavy atom. The molecule has 20 heteroatoms. The van der Waals surface area contributed by atoms with Crippen LogP contribution in [0.5, 0.6) is 5.75 Å². The van der Waals surface area contributed by atoms with Crippen LogP contribution in [0.4, 0.5) is 0 Å². The molecule has 2 unspecified atom stereocenters. The van der Waals surface area contributed by atoms with Crippen molar-refractivity contribution in [2.24, 2.45) is 17.8 Å². The van der Waals surface area contributed by atoms with Gasteiger partial charge in [-0.05, 0) is 61.3 Å². The molecule has 0 radical (unpaired) electrons. The number of likely N-dealkylation sites (tertiary alicyclic amines) is 3. The van der Waals surface area contributed by atoms with Crippen LogP contribution in [0.1, 0.15) is 29.6 Å². The Kier molecular flexibility index (Phi) is 15.1. The van der Waals surface area contributed by atoms with Crippen molar-refractivity contribution < 1.29 is 48.8 Å². The van der Waals surface area contributed by atoms with Crippen LogP contribution in [0.3, 0.4) is 0 Å². The highest BCUT2D eigenvalue weighted by molar-refractivity contribution is 6.07. The van der Waals surface area contributed by atoms with Crippen molar-refractivity contribution in [1.29, 1.82) is 5.26 Å². The summed E-state index contributed by atoms with van der Waals surface area (Å²) < 4.78 is 6.12. The van der Waals surface area contributed by atoms with E-state index >= 15 is 0 Å². The van der Waals surface area contributed by atoms with Gasteiger partial charge in [0.15, 0.2) is 0 Å². The lowest BCUT2D eigenvalue weighted by Gasteiger charge is -2.33. The number of rotatable bonds is 16. The molecule has 0 bridgehead atoms. The van der Waals surface area contributed by atoms with E-state index in [9.17, 15) is 49.3 Å². The average molecular weight is 875 g/mol. The number of benzene rings is 1. The Balaban J connectivity index is 0.857. The second kappa shape index (κ2) is 20.8. The highest BCUT2D eigenvalue weighted by Gasteiger charge is 2.54. The molecule has 340 valence electrons. The highest BCUT2D eigenvalue weighted by Crippen LogP contribution is 2.47. The summed E-state index contributed by atoms with van der Waals surface area (Å²) in [5.74, 6) is -1.98. The molecule has 1 aliphatic carbocycles. The van der Waals surface area contributed by atoms with Gasteiger partial charge in [0.2, 0.25) is 11.8 Å². The fourth-order valence-electron chi connectivity index (χ4n) is 9.72. The maximum absolute atomic E-state index is 13.7. The van der Waals surface area contributed by atoms with E-state index in [1.165, 1.54) is 0 Å². The Labute approximate surface area is 365 Å². The SMILES string of the molecule is N#C[C@@H]1C[C@@H]2C[C@@H]2N1C(=O)CNC(=O)c1ccnc2ccc(OCCCN3CC4CN(C(=O)CN5CCN(CC(=O)O)CCN(CC(=O)O)CCN(CC(=O)O)CC5)CC4C3)cc12. The summed E-state index contributed by atoms with van der Waals surface area (Å²) in [7, 11) is 0. The number of fused-ring (bicyclic) bond motifs is 3. The lowest BCUT2D eigenvalue weighted by Crippen LogP contribution is -2.50. The quantitative estimate of drug-likeness (QED) is 0.150. The molecule has 63 heavy (non-hydrogen) atoms. The van der Waals surface area contributed by atoms with Crippen molar-refractivity contribution in [3.63, 3.8) is 0 Å². The molecule has 1 saturated carbocycles. The zero-order valence-electron chi connectivity index (χ0n) is 35.6. The number of carboxylic acids is 3. The predicted octanol–water partition coefficient (Wildman–Crippen LogP) is -0.888. The number of hydrogen-bond donors (Lipinski definition) is 4. The molecule has 5 aliphatic rings. The number of pyridine rings is 1. The fraction of sp³-hybridized carbons (Fsp3) is 0.628. The second-order valence-electron chi connectivity index (χ2n) is 17.5. The van der Waals surface area contributed by atoms with Crippen molar-refractivity contribution in [2.75, 3.05) is 124 Å². The molecule has 2 aromatic rings. The second-order valence-corrected chi connectivity index (χ2v) is 17.5. The van der Waals surface area contributed by atoms with Gasteiger partial charge in [0.1, 0.15) is 11.8 Å². The molecule has 1 aromatic carbocycles. The Hall–Kier alpha value is -5.46. The first-order chi connectivity index (χ1) is 30.3. The summed E-state index contributed by atoms with van der Waals surface area (Å²) >= 11 is 0. The number of aromatic nitrogens is 1. The van der Waals surface area contributed by atoms with E-state index in [4.69, 9.17) is 4.74 Å². The number of nitrogens with one attached hydrogen (secondary N) is 1. The minimum atomic E-state index is -1.01. The molecule has 5 heterocycles. The molecular formula is C43H58N10O10. The molecular weight excluding hydrogens is 817 g/mol. The molecule has 4 N–H and O–H groups in total. The topological polar surface area (TPSA) is 244 Å². The smallest absolute Gasteiger partial charge is 0.317 e. The van der Waals surface area contributed by atoms with E-state index in [1.807, 2.05) is 15.9 Å². The molecule has 1 aromatic heterocycles. The number of amides is 3. The van der Waals surface area contributed by atoms with Gasteiger partial charge in [-0.25, -0.2) is 0 Å². The van der Waals surface area contributed by atoms with Crippen molar-refractivity contribution in [3.05, 3.63) is 36.0 Å². The first kappa shape index (κ1) is 45.6. The van der Waals surface area contributed by atoms with Gasteiger partial charge in [0, 0.05) is 103 Å². The van der Waals surface area contributed by atoms with E-state index in [0.29, 0.717) is 118 Å². The molecule has 5 fully saturated rings. The average Bonchev–Trinajstić information content (AvgIpc) is 3.51. The number of piperidine rings is 1. The van der Waals surface area contributed by atoms with Crippen LogP contribution >= 0.6 is 0 Å². The summed E-state index contributed by atoms with van der Waals surface area (Å²) in [4.78, 5) is 92.2. The van der Waals surface area contributed by atoms with E-state index in [2.05, 4.69) is 21.3 Å². The Bertz CT molecular complexity index is 2020. The van der Waals surface area contributed by atoms with Crippen LogP contribution in [0.15, 0.2) is 30.5 Å². The molecule has 5 atom stereocenters. The maximum atomic E-state index is 13.7. The monoisotopic (exact) mass is 874 g/mol. The molecule has 0 spiro atoms. The van der Waals surface area contributed by atoms with Crippen LogP contribution in [-0.2, 0) is 24.0 Å². The number of ether oxygens (including phenoxy) is 1. The van der Waals surface area contributed by atoms with Gasteiger partial charge < -0.3 is 40.1 Å². The Morgan fingerprint density at radius 3 is 1.84 bits per heavy atom. The van der Waals surface area contributed by atoms with E-state index in [-0.39, 0.29) is 50.6 Å². The molecule has 20 nitrogen and oxygen atoms in total. The van der Waals surface area contributed by atoms with Crippen molar-refractivity contribution in [2.45, 2.75) is 31.3 Å². The van der Waals surface area contributed by atoms with Gasteiger partial charge in [-0.3, -0.25) is 53.4 Å². The fourth-order valence-corrected chi connectivity index (χ4v) is 9.72. The predicted molar refractivity (Wildman–Crippen MR) is 226 cm³/mol. The van der Waals surface area contributed by atoms with Crippen LogP contribution in [-0.4, -0.2) is 227 Å². The van der Waals surface area contributed by atoms with Gasteiger partial charge >= 0.3 is 17.9 Å². The van der Waals surface area contributed by atoms with Crippen molar-refractivity contribution >= 4 is 46.5 Å². The van der Waals surface area contributed by atoms with Gasteiger partial charge in [0.25, 0.3) is 5.91 Å². The van der Waals surface area contributed by atoms with E-state index < -0.39 is 29.9 Å². The third-order valence-electron chi connectivity index (χ3n) is 13.1. The molecule has 7 rings (SSSR count). The standard InChI is InChI=1S/C43H58N10O10/c44-19-32-16-29-17-37(29)53(32)38(54)20-46-43(62)34-4-5-45-36-3-2-33(18-35(34)36)63-15-1-6-51-21-30-23-52(24-31(30)22-51)39(55)25-47-7-9-48(26-40(56)57)11-13-50(28-42(60)61)14-12-49(10-8-47)27-41(58)59/h2-5,18,29-32,37H,1,6-17,20-28H2,(H,46,62)(H,56,57)(H,58,59)(H,60,61)/t29-,30?,31?,32+,37+/m1/s1. The maximum Gasteiger partial charge on any atom is 0.317 e. The number of nitrogens with zero attached hydrogens (tertiary/aromatic N) is 9. The number of hydrogen-bond acceptors (Lipinski definition) is 14. The Morgan fingerprint density at radius 1 is 0.714 bits per heavy atom. The molecule has 4 aliphatic heterocycles. The van der Waals surface area contributed by atoms with Gasteiger partial charge in [-0.15, -0.1) is 0 Å². The number of aliphatic carboxylic acids is 3. The third kappa shape index (κ3) is 12.2. The summed E-state index contributed by atoms with van der Waals surface area (Å²) in [6.07, 6.45) is 3.94. The minimum Gasteiger partial charge on any atom is -0.494 e.